The van der Waals surface area contributed by atoms with Crippen molar-refractivity contribution in [2.45, 2.75) is 62.6 Å². The Hall–Kier alpha value is -1.99. The summed E-state index contributed by atoms with van der Waals surface area (Å²) in [5.41, 5.74) is -1.58. The summed E-state index contributed by atoms with van der Waals surface area (Å²) in [5.74, 6) is -0.657. The third-order valence-corrected chi connectivity index (χ3v) is 11.3. The molecule has 5 nitrogen and oxygen atoms in total. The Labute approximate surface area is 172 Å². The first-order chi connectivity index (χ1) is 13.7. The number of hydrogen-bond donors (Lipinski definition) is 2. The van der Waals surface area contributed by atoms with Crippen LogP contribution in [-0.2, 0) is 14.0 Å². The first-order valence-electron chi connectivity index (χ1n) is 10.1. The van der Waals surface area contributed by atoms with Crippen LogP contribution in [0.1, 0.15) is 33.6 Å². The van der Waals surface area contributed by atoms with Gasteiger partial charge in [0.05, 0.1) is 6.10 Å². The molecule has 1 saturated heterocycles. The predicted octanol–water partition coefficient (Wildman–Crippen LogP) is 1.74. The van der Waals surface area contributed by atoms with Gasteiger partial charge in [0.25, 0.3) is 8.32 Å². The van der Waals surface area contributed by atoms with Gasteiger partial charge in [-0.05, 0) is 15.4 Å². The molecule has 1 aliphatic carbocycles. The maximum Gasteiger partial charge on any atom is 0.338 e. The number of ether oxygens (including phenoxy) is 1. The van der Waals surface area contributed by atoms with Gasteiger partial charge in [-0.3, -0.25) is 0 Å². The van der Waals surface area contributed by atoms with E-state index in [0.717, 1.165) is 10.4 Å². The second-order valence-electron chi connectivity index (χ2n) is 9.19. The summed E-state index contributed by atoms with van der Waals surface area (Å²) in [5, 5.41) is 23.6. The van der Waals surface area contributed by atoms with Crippen molar-refractivity contribution in [3.05, 3.63) is 60.7 Å². The number of hydrogen-bond acceptors (Lipinski definition) is 5. The molecule has 0 amide bonds. The SMILES string of the molecule is CC(C)(C)[Si](O[C@@H]1C[C@]2(O)C[C@@H](OC2=O)[C@@H]1O)(c1ccccc1)c1ccccc1. The van der Waals surface area contributed by atoms with Gasteiger partial charge in [-0.25, -0.2) is 4.79 Å². The van der Waals surface area contributed by atoms with E-state index < -0.39 is 38.2 Å². The number of benzene rings is 2. The summed E-state index contributed by atoms with van der Waals surface area (Å²) < 4.78 is 12.2. The molecule has 1 aliphatic heterocycles. The largest absolute Gasteiger partial charge is 0.457 e. The van der Waals surface area contributed by atoms with Gasteiger partial charge < -0.3 is 19.4 Å². The molecule has 2 N–H and O–H groups in total. The second kappa shape index (κ2) is 7.06. The number of aliphatic hydroxyl groups is 2. The van der Waals surface area contributed by atoms with Crippen molar-refractivity contribution >= 4 is 24.7 Å². The molecular weight excluding hydrogens is 384 g/mol. The molecule has 154 valence electrons. The summed E-state index contributed by atoms with van der Waals surface area (Å²) in [6.07, 6.45) is -2.24. The Balaban J connectivity index is 1.84. The molecule has 0 spiro atoms. The van der Waals surface area contributed by atoms with E-state index in [2.05, 4.69) is 45.0 Å². The van der Waals surface area contributed by atoms with E-state index in [1.54, 1.807) is 0 Å². The molecule has 2 aromatic rings. The van der Waals surface area contributed by atoms with Crippen LogP contribution in [0.2, 0.25) is 5.04 Å². The van der Waals surface area contributed by atoms with Crippen molar-refractivity contribution in [1.29, 1.82) is 0 Å². The summed E-state index contributed by atoms with van der Waals surface area (Å²) in [6.45, 7) is 6.46. The molecule has 0 radical (unpaired) electrons. The maximum absolute atomic E-state index is 12.1. The lowest BCUT2D eigenvalue weighted by atomic mass is 9.82. The average Bonchev–Trinajstić information content (AvgIpc) is 2.95. The van der Waals surface area contributed by atoms with Gasteiger partial charge in [-0.2, -0.15) is 0 Å². The van der Waals surface area contributed by atoms with Crippen molar-refractivity contribution in [2.24, 2.45) is 0 Å². The normalized spacial score (nSPS) is 29.6. The van der Waals surface area contributed by atoms with Crippen molar-refractivity contribution in [3.63, 3.8) is 0 Å². The molecule has 0 aromatic heterocycles. The van der Waals surface area contributed by atoms with E-state index in [0.29, 0.717) is 0 Å². The summed E-state index contributed by atoms with van der Waals surface area (Å²) in [4.78, 5) is 12.1. The van der Waals surface area contributed by atoms with Crippen LogP contribution in [0.3, 0.4) is 0 Å². The van der Waals surface area contributed by atoms with Crippen LogP contribution in [0.5, 0.6) is 0 Å². The maximum atomic E-state index is 12.1. The summed E-state index contributed by atoms with van der Waals surface area (Å²) in [6, 6.07) is 20.2. The molecule has 6 heteroatoms. The Morgan fingerprint density at radius 1 is 1.00 bits per heavy atom. The topological polar surface area (TPSA) is 76.0 Å². The van der Waals surface area contributed by atoms with Crippen LogP contribution >= 0.6 is 0 Å². The molecule has 4 rings (SSSR count). The van der Waals surface area contributed by atoms with E-state index in [-0.39, 0.29) is 17.9 Å². The second-order valence-corrected chi connectivity index (χ2v) is 13.4. The number of rotatable bonds is 4. The third kappa shape index (κ3) is 3.24. The number of esters is 1. The number of carbonyl (C=O) groups excluding carboxylic acids is 1. The fourth-order valence-electron chi connectivity index (χ4n) is 4.78. The van der Waals surface area contributed by atoms with E-state index in [1.165, 1.54) is 0 Å². The van der Waals surface area contributed by atoms with Gasteiger partial charge in [0, 0.05) is 12.8 Å². The standard InChI is InChI=1S/C23H28O5Si/c1-22(2,3)29(16-10-6-4-7-11-16,17-12-8-5-9-13-17)28-19-15-23(26)14-18(20(19)24)27-21(23)25/h4-13,18-20,24,26H,14-15H2,1-3H3/t18-,19-,20+,23-/m1/s1. The monoisotopic (exact) mass is 412 g/mol. The molecule has 2 aliphatic rings. The summed E-state index contributed by atoms with van der Waals surface area (Å²) >= 11 is 0. The number of carbonyl (C=O) groups is 1. The van der Waals surface area contributed by atoms with Gasteiger partial charge in [0.2, 0.25) is 0 Å². The highest BCUT2D eigenvalue weighted by Crippen LogP contribution is 2.43. The summed E-state index contributed by atoms with van der Waals surface area (Å²) in [7, 11) is -2.90. The van der Waals surface area contributed by atoms with E-state index >= 15 is 0 Å². The van der Waals surface area contributed by atoms with Gasteiger partial charge in [0.1, 0.15) is 12.2 Å². The minimum atomic E-state index is -2.90. The Bertz CT molecular complexity index is 840. The molecule has 2 fully saturated rings. The average molecular weight is 413 g/mol. The van der Waals surface area contributed by atoms with Crippen LogP contribution in [0.4, 0.5) is 0 Å². The molecule has 2 aromatic carbocycles. The number of fused-ring (bicyclic) bond motifs is 2. The van der Waals surface area contributed by atoms with Crippen LogP contribution in [0, 0.1) is 0 Å². The Morgan fingerprint density at radius 3 is 2.00 bits per heavy atom. The predicted molar refractivity (Wildman–Crippen MR) is 113 cm³/mol. The fraction of sp³-hybridized carbons (Fsp3) is 0.435. The molecular formula is C23H28O5Si. The zero-order valence-electron chi connectivity index (χ0n) is 17.0. The van der Waals surface area contributed by atoms with E-state index in [1.807, 2.05) is 36.4 Å². The van der Waals surface area contributed by atoms with Crippen LogP contribution < -0.4 is 10.4 Å². The van der Waals surface area contributed by atoms with Gasteiger partial charge in [-0.15, -0.1) is 0 Å². The quantitative estimate of drug-likeness (QED) is 0.591. The zero-order valence-corrected chi connectivity index (χ0v) is 18.0. The smallest absolute Gasteiger partial charge is 0.338 e. The lowest BCUT2D eigenvalue weighted by Crippen LogP contribution is -2.69. The fourth-order valence-corrected chi connectivity index (χ4v) is 9.48. The molecule has 2 bridgehead atoms. The van der Waals surface area contributed by atoms with Crippen LogP contribution in [-0.4, -0.2) is 48.4 Å². The van der Waals surface area contributed by atoms with Gasteiger partial charge in [-0.1, -0.05) is 81.4 Å². The van der Waals surface area contributed by atoms with Gasteiger partial charge >= 0.3 is 5.97 Å². The molecule has 29 heavy (non-hydrogen) atoms. The molecule has 0 unspecified atom stereocenters. The molecule has 1 saturated carbocycles. The highest BCUT2D eigenvalue weighted by molar-refractivity contribution is 6.99. The highest BCUT2D eigenvalue weighted by Gasteiger charge is 2.61. The van der Waals surface area contributed by atoms with Crippen molar-refractivity contribution in [1.82, 2.24) is 0 Å². The van der Waals surface area contributed by atoms with Crippen molar-refractivity contribution in [2.75, 3.05) is 0 Å². The van der Waals surface area contributed by atoms with E-state index in [9.17, 15) is 15.0 Å². The molecule has 1 heterocycles. The molecule has 4 atom stereocenters. The van der Waals surface area contributed by atoms with Crippen LogP contribution in [0.25, 0.3) is 0 Å². The lowest BCUT2D eigenvalue weighted by Gasteiger charge is -2.47. The minimum Gasteiger partial charge on any atom is -0.457 e. The third-order valence-electron chi connectivity index (χ3n) is 6.22. The number of aliphatic hydroxyl groups excluding tert-OH is 1. The van der Waals surface area contributed by atoms with Gasteiger partial charge in [0.15, 0.2) is 5.60 Å². The first kappa shape index (κ1) is 20.3. The minimum absolute atomic E-state index is 0.0357. The highest BCUT2D eigenvalue weighted by atomic mass is 28.4. The van der Waals surface area contributed by atoms with E-state index in [4.69, 9.17) is 9.16 Å². The lowest BCUT2D eigenvalue weighted by molar-refractivity contribution is -0.154. The van der Waals surface area contributed by atoms with Crippen molar-refractivity contribution in [3.8, 4) is 0 Å². The Kier molecular flexibility index (Phi) is 4.94. The van der Waals surface area contributed by atoms with Crippen LogP contribution in [0.15, 0.2) is 60.7 Å². The first-order valence-corrected chi connectivity index (χ1v) is 12.0. The zero-order chi connectivity index (χ0) is 20.9. The van der Waals surface area contributed by atoms with Crippen molar-refractivity contribution < 1.29 is 24.2 Å². The Morgan fingerprint density at radius 2 is 1.52 bits per heavy atom.